The summed E-state index contributed by atoms with van der Waals surface area (Å²) < 4.78 is 0. The van der Waals surface area contributed by atoms with Crippen LogP contribution in [0.1, 0.15) is 52.9 Å². The molecule has 0 aromatic carbocycles. The maximum Gasteiger partial charge on any atom is -0.00772 e. The monoisotopic (exact) mass is 171 g/mol. The van der Waals surface area contributed by atoms with E-state index in [2.05, 4.69) is 20.8 Å². The molecule has 0 radical (unpaired) electrons. The fourth-order valence-corrected chi connectivity index (χ4v) is 2.11. The lowest BCUT2D eigenvalue weighted by Gasteiger charge is -2.23. The number of hydrogen-bond acceptors (Lipinski definition) is 1. The molecular weight excluding hydrogens is 146 g/mol. The Kier molecular flexibility index (Phi) is 7.58. The van der Waals surface area contributed by atoms with Gasteiger partial charge in [0.05, 0.1) is 0 Å². The minimum Gasteiger partial charge on any atom is -0.330 e. The summed E-state index contributed by atoms with van der Waals surface area (Å²) in [6, 6.07) is 0. The Morgan fingerprint density at radius 1 is 0.917 bits per heavy atom. The molecule has 74 valence electrons. The van der Waals surface area contributed by atoms with Crippen LogP contribution in [-0.2, 0) is 0 Å². The standard InChI is InChI=1S/C11H25N/c1-4-10(5-2)11(6-3)8-7-9-12/h10-11H,4-9,12H2,1-3H3/t11-/m0/s1. The van der Waals surface area contributed by atoms with Crippen molar-refractivity contribution in [3.8, 4) is 0 Å². The summed E-state index contributed by atoms with van der Waals surface area (Å²) in [6.07, 6.45) is 6.53. The minimum absolute atomic E-state index is 0.858. The van der Waals surface area contributed by atoms with E-state index in [-0.39, 0.29) is 0 Å². The molecule has 1 heteroatoms. The van der Waals surface area contributed by atoms with Crippen LogP contribution in [0, 0.1) is 11.8 Å². The molecule has 0 bridgehead atoms. The maximum atomic E-state index is 5.51. The molecule has 0 aliphatic carbocycles. The predicted octanol–water partition coefficient (Wildman–Crippen LogP) is 3.19. The van der Waals surface area contributed by atoms with E-state index < -0.39 is 0 Å². The first-order chi connectivity index (χ1) is 5.79. The lowest BCUT2D eigenvalue weighted by Crippen LogP contribution is -2.14. The zero-order chi connectivity index (χ0) is 9.40. The first kappa shape index (κ1) is 12.0. The zero-order valence-electron chi connectivity index (χ0n) is 8.97. The SMILES string of the molecule is CCC(CC)[C@@H](CC)CCCN. The topological polar surface area (TPSA) is 26.0 Å². The van der Waals surface area contributed by atoms with E-state index in [0.29, 0.717) is 0 Å². The lowest BCUT2D eigenvalue weighted by molar-refractivity contribution is 0.282. The highest BCUT2D eigenvalue weighted by atomic mass is 14.5. The molecule has 0 saturated heterocycles. The summed E-state index contributed by atoms with van der Waals surface area (Å²) in [5.74, 6) is 1.85. The fraction of sp³-hybridized carbons (Fsp3) is 1.00. The third-order valence-electron chi connectivity index (χ3n) is 3.02. The van der Waals surface area contributed by atoms with Gasteiger partial charge in [-0.3, -0.25) is 0 Å². The van der Waals surface area contributed by atoms with Crippen molar-refractivity contribution in [3.63, 3.8) is 0 Å². The van der Waals surface area contributed by atoms with E-state index in [1.807, 2.05) is 0 Å². The molecule has 0 saturated carbocycles. The summed E-state index contributed by atoms with van der Waals surface area (Å²) in [5.41, 5.74) is 5.51. The second-order valence-electron chi connectivity index (χ2n) is 3.68. The van der Waals surface area contributed by atoms with Gasteiger partial charge in [0.25, 0.3) is 0 Å². The molecule has 1 nitrogen and oxygen atoms in total. The summed E-state index contributed by atoms with van der Waals surface area (Å²) in [5, 5.41) is 0. The Morgan fingerprint density at radius 2 is 1.42 bits per heavy atom. The van der Waals surface area contributed by atoms with E-state index in [1.54, 1.807) is 0 Å². The molecule has 0 aliphatic heterocycles. The van der Waals surface area contributed by atoms with Crippen molar-refractivity contribution < 1.29 is 0 Å². The summed E-state index contributed by atoms with van der Waals surface area (Å²) in [6.45, 7) is 7.77. The van der Waals surface area contributed by atoms with Crippen LogP contribution in [0.15, 0.2) is 0 Å². The number of hydrogen-bond donors (Lipinski definition) is 1. The van der Waals surface area contributed by atoms with Crippen molar-refractivity contribution in [1.82, 2.24) is 0 Å². The van der Waals surface area contributed by atoms with Crippen LogP contribution in [0.25, 0.3) is 0 Å². The van der Waals surface area contributed by atoms with Crippen molar-refractivity contribution >= 4 is 0 Å². The van der Waals surface area contributed by atoms with Crippen LogP contribution in [-0.4, -0.2) is 6.54 Å². The van der Waals surface area contributed by atoms with Crippen LogP contribution in [0.2, 0.25) is 0 Å². The van der Waals surface area contributed by atoms with Gasteiger partial charge in [0.2, 0.25) is 0 Å². The highest BCUT2D eigenvalue weighted by Crippen LogP contribution is 2.26. The van der Waals surface area contributed by atoms with Crippen molar-refractivity contribution in [2.75, 3.05) is 6.54 Å². The van der Waals surface area contributed by atoms with Crippen molar-refractivity contribution in [3.05, 3.63) is 0 Å². The second-order valence-corrected chi connectivity index (χ2v) is 3.68. The summed E-state index contributed by atoms with van der Waals surface area (Å²) >= 11 is 0. The Balaban J connectivity index is 3.75. The van der Waals surface area contributed by atoms with Gasteiger partial charge in [0, 0.05) is 0 Å². The molecular formula is C11H25N. The predicted molar refractivity (Wildman–Crippen MR) is 56.1 cm³/mol. The normalized spacial score (nSPS) is 13.8. The van der Waals surface area contributed by atoms with Gasteiger partial charge in [-0.15, -0.1) is 0 Å². The molecule has 0 amide bonds. The third-order valence-corrected chi connectivity index (χ3v) is 3.02. The van der Waals surface area contributed by atoms with Crippen LogP contribution in [0.4, 0.5) is 0 Å². The third kappa shape index (κ3) is 4.10. The van der Waals surface area contributed by atoms with Crippen molar-refractivity contribution in [2.24, 2.45) is 17.6 Å². The van der Waals surface area contributed by atoms with E-state index in [9.17, 15) is 0 Å². The maximum absolute atomic E-state index is 5.51. The molecule has 12 heavy (non-hydrogen) atoms. The smallest absolute Gasteiger partial charge is 0.00772 e. The molecule has 0 rings (SSSR count). The van der Waals surface area contributed by atoms with Crippen molar-refractivity contribution in [1.29, 1.82) is 0 Å². The summed E-state index contributed by atoms with van der Waals surface area (Å²) in [7, 11) is 0. The zero-order valence-corrected chi connectivity index (χ0v) is 8.97. The Bertz CT molecular complexity index is 87.0. The number of rotatable bonds is 7. The highest BCUT2D eigenvalue weighted by molar-refractivity contribution is 4.66. The van der Waals surface area contributed by atoms with Crippen LogP contribution in [0.5, 0.6) is 0 Å². The Hall–Kier alpha value is -0.0400. The van der Waals surface area contributed by atoms with Gasteiger partial charge in [-0.05, 0) is 31.2 Å². The van der Waals surface area contributed by atoms with Gasteiger partial charge in [0.15, 0.2) is 0 Å². The molecule has 2 N–H and O–H groups in total. The van der Waals surface area contributed by atoms with E-state index in [4.69, 9.17) is 5.73 Å². The second kappa shape index (κ2) is 7.60. The first-order valence-corrected chi connectivity index (χ1v) is 5.50. The van der Waals surface area contributed by atoms with Gasteiger partial charge in [-0.2, -0.15) is 0 Å². The largest absolute Gasteiger partial charge is 0.330 e. The molecule has 0 aliphatic rings. The molecule has 0 aromatic rings. The van der Waals surface area contributed by atoms with Crippen LogP contribution in [0.3, 0.4) is 0 Å². The van der Waals surface area contributed by atoms with Crippen molar-refractivity contribution in [2.45, 2.75) is 52.9 Å². The van der Waals surface area contributed by atoms with Gasteiger partial charge < -0.3 is 5.73 Å². The van der Waals surface area contributed by atoms with Gasteiger partial charge in [0.1, 0.15) is 0 Å². The summed E-state index contributed by atoms with van der Waals surface area (Å²) in [4.78, 5) is 0. The van der Waals surface area contributed by atoms with Gasteiger partial charge in [-0.25, -0.2) is 0 Å². The van der Waals surface area contributed by atoms with Gasteiger partial charge >= 0.3 is 0 Å². The number of nitrogens with two attached hydrogens (primary N) is 1. The molecule has 0 unspecified atom stereocenters. The molecule has 0 heterocycles. The molecule has 0 fully saturated rings. The fourth-order valence-electron chi connectivity index (χ4n) is 2.11. The van der Waals surface area contributed by atoms with E-state index >= 15 is 0 Å². The Labute approximate surface area is 77.7 Å². The molecule has 0 aromatic heterocycles. The van der Waals surface area contributed by atoms with Crippen LogP contribution >= 0.6 is 0 Å². The quantitative estimate of drug-likeness (QED) is 0.625. The first-order valence-electron chi connectivity index (χ1n) is 5.50. The van der Waals surface area contributed by atoms with E-state index in [0.717, 1.165) is 18.4 Å². The molecule has 0 spiro atoms. The lowest BCUT2D eigenvalue weighted by atomic mass is 9.83. The highest BCUT2D eigenvalue weighted by Gasteiger charge is 2.15. The average molecular weight is 171 g/mol. The average Bonchev–Trinajstić information content (AvgIpc) is 2.12. The molecule has 1 atom stereocenters. The van der Waals surface area contributed by atoms with Crippen LogP contribution < -0.4 is 5.73 Å². The minimum atomic E-state index is 0.858. The van der Waals surface area contributed by atoms with Gasteiger partial charge in [-0.1, -0.05) is 40.0 Å². The Morgan fingerprint density at radius 3 is 1.75 bits per heavy atom. The van der Waals surface area contributed by atoms with E-state index in [1.165, 1.54) is 32.1 Å².